The van der Waals surface area contributed by atoms with E-state index in [2.05, 4.69) is 12.1 Å². The van der Waals surface area contributed by atoms with Gasteiger partial charge in [0.2, 0.25) is 0 Å². The molecular weight excluding hydrogens is 172 g/mol. The molecule has 1 nitrogen and oxygen atoms in total. The second-order valence-corrected chi connectivity index (χ2v) is 3.23. The van der Waals surface area contributed by atoms with Gasteiger partial charge in [-0.1, -0.05) is 24.3 Å². The standard InChI is InChI=1S/C13H10O/c1-10-7-8-12(13(14)9-10)11-5-3-2-4-6-11/h2-3,5,7-9,14H,1H3. The van der Waals surface area contributed by atoms with E-state index in [1.165, 1.54) is 0 Å². The van der Waals surface area contributed by atoms with E-state index in [0.717, 1.165) is 16.7 Å². The quantitative estimate of drug-likeness (QED) is 0.718. The van der Waals surface area contributed by atoms with Crippen molar-refractivity contribution in [3.8, 4) is 16.9 Å². The van der Waals surface area contributed by atoms with Gasteiger partial charge >= 0.3 is 0 Å². The van der Waals surface area contributed by atoms with Crippen molar-refractivity contribution in [3.63, 3.8) is 0 Å². The Morgan fingerprint density at radius 2 is 2.07 bits per heavy atom. The van der Waals surface area contributed by atoms with E-state index in [0.29, 0.717) is 5.75 Å². The summed E-state index contributed by atoms with van der Waals surface area (Å²) in [5.74, 6) is 0.292. The van der Waals surface area contributed by atoms with E-state index in [1.807, 2.05) is 31.2 Å². The highest BCUT2D eigenvalue weighted by molar-refractivity contribution is 5.68. The Kier molecular flexibility index (Phi) is 2.12. The molecule has 0 saturated heterocycles. The third-order valence-corrected chi connectivity index (χ3v) is 2.09. The Morgan fingerprint density at radius 3 is 2.71 bits per heavy atom. The van der Waals surface area contributed by atoms with E-state index in [1.54, 1.807) is 12.1 Å². The van der Waals surface area contributed by atoms with Gasteiger partial charge in [0.25, 0.3) is 0 Å². The van der Waals surface area contributed by atoms with Crippen LogP contribution < -0.4 is 0 Å². The zero-order valence-corrected chi connectivity index (χ0v) is 7.91. The van der Waals surface area contributed by atoms with Crippen LogP contribution in [0.25, 0.3) is 11.1 Å². The first-order valence-electron chi connectivity index (χ1n) is 4.46. The van der Waals surface area contributed by atoms with Crippen LogP contribution >= 0.6 is 0 Å². The minimum Gasteiger partial charge on any atom is -0.507 e. The van der Waals surface area contributed by atoms with Crippen molar-refractivity contribution in [3.05, 3.63) is 54.1 Å². The highest BCUT2D eigenvalue weighted by atomic mass is 16.3. The van der Waals surface area contributed by atoms with Crippen LogP contribution in [0.1, 0.15) is 5.56 Å². The van der Waals surface area contributed by atoms with E-state index in [9.17, 15) is 5.11 Å². The maximum absolute atomic E-state index is 9.71. The van der Waals surface area contributed by atoms with Gasteiger partial charge in [0, 0.05) is 11.1 Å². The predicted octanol–water partition coefficient (Wildman–Crippen LogP) is 2.97. The summed E-state index contributed by atoms with van der Waals surface area (Å²) >= 11 is 0. The Bertz CT molecular complexity index is 432. The number of phenolic OH excluding ortho intramolecular Hbond substituents is 1. The molecule has 0 unspecified atom stereocenters. The second kappa shape index (κ2) is 3.43. The van der Waals surface area contributed by atoms with Crippen LogP contribution in [0.3, 0.4) is 0 Å². The number of benzene rings is 1. The SMILES string of the molecule is Cc1ccc(-c2c#cccc2)c(O)c1. The first-order valence-corrected chi connectivity index (χ1v) is 4.46. The third kappa shape index (κ3) is 1.55. The third-order valence-electron chi connectivity index (χ3n) is 2.09. The normalized spacial score (nSPS) is 9.50. The maximum atomic E-state index is 9.71. The number of rotatable bonds is 1. The van der Waals surface area contributed by atoms with Crippen molar-refractivity contribution < 1.29 is 5.11 Å². The average Bonchev–Trinajstić information content (AvgIpc) is 2.19. The minimum atomic E-state index is 0.292. The van der Waals surface area contributed by atoms with Crippen LogP contribution in [0.4, 0.5) is 0 Å². The second-order valence-electron chi connectivity index (χ2n) is 3.23. The van der Waals surface area contributed by atoms with E-state index < -0.39 is 0 Å². The van der Waals surface area contributed by atoms with E-state index >= 15 is 0 Å². The molecule has 0 atom stereocenters. The fraction of sp³-hybridized carbons (Fsp3) is 0.0769. The van der Waals surface area contributed by atoms with Crippen LogP contribution in [0.15, 0.2) is 36.4 Å². The molecule has 0 aliphatic carbocycles. The van der Waals surface area contributed by atoms with Crippen LogP contribution in [0.5, 0.6) is 5.75 Å². The number of hydrogen-bond acceptors (Lipinski definition) is 1. The molecule has 0 aromatic heterocycles. The summed E-state index contributed by atoms with van der Waals surface area (Å²) in [7, 11) is 0. The lowest BCUT2D eigenvalue weighted by Crippen LogP contribution is -1.78. The van der Waals surface area contributed by atoms with Gasteiger partial charge < -0.3 is 5.11 Å². The molecule has 0 saturated carbocycles. The van der Waals surface area contributed by atoms with Gasteiger partial charge in [-0.3, -0.25) is 0 Å². The predicted molar refractivity (Wildman–Crippen MR) is 56.0 cm³/mol. The smallest absolute Gasteiger partial charge is 0.124 e. The first kappa shape index (κ1) is 8.65. The zero-order valence-electron chi connectivity index (χ0n) is 7.91. The molecule has 1 N–H and O–H groups in total. The molecule has 0 fully saturated rings. The van der Waals surface area contributed by atoms with Gasteiger partial charge in [-0.2, -0.15) is 0 Å². The van der Waals surface area contributed by atoms with E-state index in [4.69, 9.17) is 0 Å². The summed E-state index contributed by atoms with van der Waals surface area (Å²) in [5.41, 5.74) is 2.71. The molecule has 0 spiro atoms. The van der Waals surface area contributed by atoms with Gasteiger partial charge in [-0.15, -0.1) is 0 Å². The number of aryl methyl sites for hydroxylation is 1. The summed E-state index contributed by atoms with van der Waals surface area (Å²) in [6.07, 6.45) is 0. The lowest BCUT2D eigenvalue weighted by atomic mass is 10.0. The van der Waals surface area contributed by atoms with Crippen molar-refractivity contribution in [2.75, 3.05) is 0 Å². The molecular formula is C13H10O. The summed E-state index contributed by atoms with van der Waals surface area (Å²) in [4.78, 5) is 0. The fourth-order valence-corrected chi connectivity index (χ4v) is 1.38. The summed E-state index contributed by atoms with van der Waals surface area (Å²) in [6.45, 7) is 1.95. The van der Waals surface area contributed by atoms with Gasteiger partial charge in [-0.05, 0) is 36.8 Å². The summed E-state index contributed by atoms with van der Waals surface area (Å²) in [5, 5.41) is 9.71. The minimum absolute atomic E-state index is 0.292. The molecule has 0 aliphatic rings. The fourth-order valence-electron chi connectivity index (χ4n) is 1.38. The van der Waals surface area contributed by atoms with Crippen LogP contribution in [-0.4, -0.2) is 5.11 Å². The molecule has 0 aliphatic heterocycles. The number of phenols is 1. The maximum Gasteiger partial charge on any atom is 0.124 e. The van der Waals surface area contributed by atoms with Gasteiger partial charge in [0.05, 0.1) is 0 Å². The molecule has 14 heavy (non-hydrogen) atoms. The Morgan fingerprint density at radius 1 is 1.21 bits per heavy atom. The van der Waals surface area contributed by atoms with Crippen molar-refractivity contribution >= 4 is 0 Å². The Hall–Kier alpha value is -1.94. The van der Waals surface area contributed by atoms with E-state index in [-0.39, 0.29) is 0 Å². The molecule has 0 heterocycles. The van der Waals surface area contributed by atoms with Crippen LogP contribution in [0.2, 0.25) is 0 Å². The van der Waals surface area contributed by atoms with Crippen molar-refractivity contribution in [1.82, 2.24) is 0 Å². The lowest BCUT2D eigenvalue weighted by molar-refractivity contribution is 0.477. The average molecular weight is 182 g/mol. The largest absolute Gasteiger partial charge is 0.507 e. The molecule has 2 rings (SSSR count). The molecule has 0 bridgehead atoms. The Balaban J connectivity index is 2.53. The highest BCUT2D eigenvalue weighted by Gasteiger charge is 2.02. The van der Waals surface area contributed by atoms with Gasteiger partial charge in [0.1, 0.15) is 5.75 Å². The zero-order chi connectivity index (χ0) is 9.97. The molecule has 0 radical (unpaired) electrons. The monoisotopic (exact) mass is 182 g/mol. The van der Waals surface area contributed by atoms with Crippen molar-refractivity contribution in [1.29, 1.82) is 0 Å². The summed E-state index contributed by atoms with van der Waals surface area (Å²) < 4.78 is 0. The van der Waals surface area contributed by atoms with Crippen molar-refractivity contribution in [2.45, 2.75) is 6.92 Å². The molecule has 2 aromatic rings. The number of aromatic hydroxyl groups is 1. The molecule has 2 aromatic carbocycles. The van der Waals surface area contributed by atoms with Crippen molar-refractivity contribution in [2.24, 2.45) is 0 Å². The topological polar surface area (TPSA) is 20.2 Å². The highest BCUT2D eigenvalue weighted by Crippen LogP contribution is 2.28. The van der Waals surface area contributed by atoms with Gasteiger partial charge in [0.15, 0.2) is 0 Å². The van der Waals surface area contributed by atoms with Gasteiger partial charge in [-0.25, -0.2) is 0 Å². The molecule has 68 valence electrons. The Labute approximate surface area is 83.6 Å². The summed E-state index contributed by atoms with van der Waals surface area (Å²) in [6, 6.07) is 17.0. The lowest BCUT2D eigenvalue weighted by Gasteiger charge is -2.02. The van der Waals surface area contributed by atoms with Crippen LogP contribution in [-0.2, 0) is 0 Å². The van der Waals surface area contributed by atoms with Crippen LogP contribution in [0, 0.1) is 19.1 Å². The molecule has 1 heteroatoms. The molecule has 0 amide bonds. The first-order chi connectivity index (χ1) is 6.77. The number of hydrogen-bond donors (Lipinski definition) is 1.